The summed E-state index contributed by atoms with van der Waals surface area (Å²) in [6.07, 6.45) is 6.52. The lowest BCUT2D eigenvalue weighted by molar-refractivity contribution is 0.0850. The second kappa shape index (κ2) is 5.48. The summed E-state index contributed by atoms with van der Waals surface area (Å²) in [7, 11) is 0. The molecule has 0 aliphatic heterocycles. The molecule has 0 saturated heterocycles. The standard InChI is InChI=1S/C14H21N3O/c1-2-14(5-3-6-14)10-17-13(18)11-4-7-16-12(8-11)9-15/h4,7-8H,2-3,5-6,9-10,15H2,1H3,(H,17,18). The Bertz CT molecular complexity index is 421. The van der Waals surface area contributed by atoms with Crippen molar-refractivity contribution in [2.24, 2.45) is 11.1 Å². The summed E-state index contributed by atoms with van der Waals surface area (Å²) in [5.74, 6) is -0.0215. The number of aromatic nitrogens is 1. The maximum atomic E-state index is 12.0. The van der Waals surface area contributed by atoms with E-state index < -0.39 is 0 Å². The molecule has 0 aromatic carbocycles. The minimum absolute atomic E-state index is 0.0215. The molecular formula is C14H21N3O. The number of carbonyl (C=O) groups excluding carboxylic acids is 1. The van der Waals surface area contributed by atoms with Crippen LogP contribution in [0.5, 0.6) is 0 Å². The predicted molar refractivity (Wildman–Crippen MR) is 71.0 cm³/mol. The molecule has 1 aromatic rings. The summed E-state index contributed by atoms with van der Waals surface area (Å²) in [4.78, 5) is 16.1. The monoisotopic (exact) mass is 247 g/mol. The molecule has 18 heavy (non-hydrogen) atoms. The van der Waals surface area contributed by atoms with Crippen molar-refractivity contribution < 1.29 is 4.79 Å². The lowest BCUT2D eigenvalue weighted by Gasteiger charge is -2.41. The molecular weight excluding hydrogens is 226 g/mol. The van der Waals surface area contributed by atoms with Gasteiger partial charge in [0.15, 0.2) is 0 Å². The topological polar surface area (TPSA) is 68.0 Å². The Balaban J connectivity index is 1.95. The quantitative estimate of drug-likeness (QED) is 0.834. The summed E-state index contributed by atoms with van der Waals surface area (Å²) in [6.45, 7) is 3.34. The lowest BCUT2D eigenvalue weighted by Crippen LogP contribution is -2.41. The average Bonchev–Trinajstić information content (AvgIpc) is 2.38. The molecule has 1 aliphatic rings. The number of carbonyl (C=O) groups is 1. The molecule has 0 unspecified atom stereocenters. The molecule has 4 heteroatoms. The largest absolute Gasteiger partial charge is 0.351 e. The maximum absolute atomic E-state index is 12.0. The number of rotatable bonds is 5. The van der Waals surface area contributed by atoms with E-state index >= 15 is 0 Å². The van der Waals surface area contributed by atoms with Crippen molar-refractivity contribution >= 4 is 5.91 Å². The minimum Gasteiger partial charge on any atom is -0.351 e. The smallest absolute Gasteiger partial charge is 0.251 e. The molecule has 4 nitrogen and oxygen atoms in total. The molecule has 1 heterocycles. The predicted octanol–water partition coefficient (Wildman–Crippen LogP) is 1.85. The van der Waals surface area contributed by atoms with Gasteiger partial charge < -0.3 is 11.1 Å². The Labute approximate surface area is 108 Å². The number of nitrogens with zero attached hydrogens (tertiary/aromatic N) is 1. The van der Waals surface area contributed by atoms with Gasteiger partial charge in [-0.05, 0) is 36.8 Å². The van der Waals surface area contributed by atoms with Gasteiger partial charge in [-0.1, -0.05) is 13.3 Å². The summed E-state index contributed by atoms with van der Waals surface area (Å²) in [5, 5.41) is 3.04. The zero-order chi connectivity index (χ0) is 13.0. The van der Waals surface area contributed by atoms with Crippen LogP contribution in [0.3, 0.4) is 0 Å². The highest BCUT2D eigenvalue weighted by Gasteiger charge is 2.35. The van der Waals surface area contributed by atoms with Crippen molar-refractivity contribution in [2.45, 2.75) is 39.2 Å². The first-order chi connectivity index (χ1) is 8.69. The third-order valence-corrected chi connectivity index (χ3v) is 4.08. The van der Waals surface area contributed by atoms with Crippen molar-refractivity contribution in [1.29, 1.82) is 0 Å². The van der Waals surface area contributed by atoms with Crippen LogP contribution in [-0.2, 0) is 6.54 Å². The van der Waals surface area contributed by atoms with E-state index in [4.69, 9.17) is 5.73 Å². The van der Waals surface area contributed by atoms with Gasteiger partial charge in [-0.3, -0.25) is 9.78 Å². The first kappa shape index (κ1) is 13.0. The fourth-order valence-corrected chi connectivity index (χ4v) is 2.43. The first-order valence-electron chi connectivity index (χ1n) is 6.62. The van der Waals surface area contributed by atoms with E-state index in [0.29, 0.717) is 17.5 Å². The van der Waals surface area contributed by atoms with Crippen molar-refractivity contribution in [3.63, 3.8) is 0 Å². The van der Waals surface area contributed by atoms with Crippen molar-refractivity contribution in [1.82, 2.24) is 10.3 Å². The van der Waals surface area contributed by atoms with E-state index in [1.165, 1.54) is 19.3 Å². The molecule has 2 rings (SSSR count). The normalized spacial score (nSPS) is 17.0. The number of hydrogen-bond acceptors (Lipinski definition) is 3. The molecule has 1 saturated carbocycles. The Morgan fingerprint density at radius 3 is 2.89 bits per heavy atom. The molecule has 1 aromatic heterocycles. The highest BCUT2D eigenvalue weighted by Crippen LogP contribution is 2.43. The summed E-state index contributed by atoms with van der Waals surface area (Å²) >= 11 is 0. The third-order valence-electron chi connectivity index (χ3n) is 4.08. The van der Waals surface area contributed by atoms with Crippen LogP contribution in [0, 0.1) is 5.41 Å². The molecule has 0 bridgehead atoms. The van der Waals surface area contributed by atoms with E-state index in [0.717, 1.165) is 18.7 Å². The Hall–Kier alpha value is -1.42. The molecule has 1 amide bonds. The van der Waals surface area contributed by atoms with E-state index in [1.54, 1.807) is 18.3 Å². The average molecular weight is 247 g/mol. The van der Waals surface area contributed by atoms with Crippen LogP contribution < -0.4 is 11.1 Å². The van der Waals surface area contributed by atoms with E-state index in [-0.39, 0.29) is 5.91 Å². The number of amides is 1. The maximum Gasteiger partial charge on any atom is 0.251 e. The number of nitrogens with one attached hydrogen (secondary N) is 1. The SMILES string of the molecule is CCC1(CNC(=O)c2ccnc(CN)c2)CCC1. The fraction of sp³-hybridized carbons (Fsp3) is 0.571. The molecule has 98 valence electrons. The van der Waals surface area contributed by atoms with Crippen LogP contribution >= 0.6 is 0 Å². The Kier molecular flexibility index (Phi) is 3.97. The summed E-state index contributed by atoms with van der Waals surface area (Å²) in [6, 6.07) is 3.49. The third kappa shape index (κ3) is 2.70. The van der Waals surface area contributed by atoms with E-state index in [9.17, 15) is 4.79 Å². The van der Waals surface area contributed by atoms with Gasteiger partial charge >= 0.3 is 0 Å². The van der Waals surface area contributed by atoms with Crippen LogP contribution in [0.4, 0.5) is 0 Å². The number of nitrogens with two attached hydrogens (primary N) is 1. The molecule has 0 radical (unpaired) electrons. The second-order valence-electron chi connectivity index (χ2n) is 5.13. The van der Waals surface area contributed by atoms with Crippen molar-refractivity contribution in [3.8, 4) is 0 Å². The van der Waals surface area contributed by atoms with Crippen LogP contribution in [0.2, 0.25) is 0 Å². The molecule has 0 atom stereocenters. The zero-order valence-electron chi connectivity index (χ0n) is 10.9. The van der Waals surface area contributed by atoms with Gasteiger partial charge in [0.25, 0.3) is 5.91 Å². The van der Waals surface area contributed by atoms with Gasteiger partial charge in [0, 0.05) is 24.8 Å². The molecule has 0 spiro atoms. The highest BCUT2D eigenvalue weighted by atomic mass is 16.1. The van der Waals surface area contributed by atoms with Gasteiger partial charge in [-0.15, -0.1) is 0 Å². The van der Waals surface area contributed by atoms with Crippen LogP contribution in [-0.4, -0.2) is 17.4 Å². The van der Waals surface area contributed by atoms with Gasteiger partial charge in [0.05, 0.1) is 5.69 Å². The van der Waals surface area contributed by atoms with Crippen LogP contribution in [0.1, 0.15) is 48.7 Å². The van der Waals surface area contributed by atoms with E-state index in [1.807, 2.05) is 0 Å². The van der Waals surface area contributed by atoms with Crippen LogP contribution in [0.25, 0.3) is 0 Å². The fourth-order valence-electron chi connectivity index (χ4n) is 2.43. The first-order valence-corrected chi connectivity index (χ1v) is 6.62. The zero-order valence-corrected chi connectivity index (χ0v) is 10.9. The van der Waals surface area contributed by atoms with Gasteiger partial charge in [0.1, 0.15) is 0 Å². The van der Waals surface area contributed by atoms with Gasteiger partial charge in [-0.2, -0.15) is 0 Å². The van der Waals surface area contributed by atoms with Crippen LogP contribution in [0.15, 0.2) is 18.3 Å². The minimum atomic E-state index is -0.0215. The van der Waals surface area contributed by atoms with Gasteiger partial charge in [0.2, 0.25) is 0 Å². The number of hydrogen-bond donors (Lipinski definition) is 2. The molecule has 1 aliphatic carbocycles. The summed E-state index contributed by atoms with van der Waals surface area (Å²) in [5.41, 5.74) is 7.26. The Morgan fingerprint density at radius 2 is 2.33 bits per heavy atom. The highest BCUT2D eigenvalue weighted by molar-refractivity contribution is 5.94. The van der Waals surface area contributed by atoms with Gasteiger partial charge in [-0.25, -0.2) is 0 Å². The van der Waals surface area contributed by atoms with Crippen molar-refractivity contribution in [3.05, 3.63) is 29.6 Å². The van der Waals surface area contributed by atoms with E-state index in [2.05, 4.69) is 17.2 Å². The van der Waals surface area contributed by atoms with Crippen molar-refractivity contribution in [2.75, 3.05) is 6.54 Å². The lowest BCUT2D eigenvalue weighted by atomic mass is 9.67. The summed E-state index contributed by atoms with van der Waals surface area (Å²) < 4.78 is 0. The second-order valence-corrected chi connectivity index (χ2v) is 5.13. The number of pyridine rings is 1. The molecule has 3 N–H and O–H groups in total. The molecule has 1 fully saturated rings. The Morgan fingerprint density at radius 1 is 1.56 bits per heavy atom.